The first kappa shape index (κ1) is 10.7. The molecule has 0 aliphatic carbocycles. The average molecular weight is 236 g/mol. The molecule has 1 heterocycles. The van der Waals surface area contributed by atoms with Crippen LogP contribution in [0.15, 0.2) is 46.1 Å². The van der Waals surface area contributed by atoms with Crippen LogP contribution in [-0.2, 0) is 10.0 Å². The summed E-state index contributed by atoms with van der Waals surface area (Å²) < 4.78 is 22.2. The summed E-state index contributed by atoms with van der Waals surface area (Å²) in [7, 11) is -4.03. The van der Waals surface area contributed by atoms with Crippen molar-refractivity contribution in [3.8, 4) is 0 Å². The first-order valence-corrected chi connectivity index (χ1v) is 5.96. The average Bonchev–Trinajstić information content (AvgIpc) is 2.34. The zero-order valence-corrected chi connectivity index (χ0v) is 8.94. The van der Waals surface area contributed by atoms with Crippen LogP contribution in [0.1, 0.15) is 0 Å². The minimum atomic E-state index is -4.03. The van der Waals surface area contributed by atoms with Crippen molar-refractivity contribution in [1.29, 1.82) is 0 Å². The van der Waals surface area contributed by atoms with Crippen molar-refractivity contribution >= 4 is 20.9 Å². The smallest absolute Gasteiger partial charge is 0.266 e. The fourth-order valence-electron chi connectivity index (χ4n) is 1.35. The van der Waals surface area contributed by atoms with Gasteiger partial charge in [-0.05, 0) is 12.1 Å². The molecule has 0 fully saturated rings. The highest BCUT2D eigenvalue weighted by atomic mass is 32.2. The maximum absolute atomic E-state index is 11.5. The standard InChI is InChI=1S/C10H8N2O3S/c11-16(14,15)9-6-5-7-3-1-2-4-8(7)12-10(9)13/h1-6H,(H2,11,14,15). The number of rotatable bonds is 1. The van der Waals surface area contributed by atoms with Crippen LogP contribution in [0.2, 0.25) is 0 Å². The van der Waals surface area contributed by atoms with Crippen molar-refractivity contribution < 1.29 is 8.42 Å². The zero-order chi connectivity index (χ0) is 11.8. The van der Waals surface area contributed by atoms with E-state index in [4.69, 9.17) is 5.14 Å². The first-order valence-electron chi connectivity index (χ1n) is 4.41. The zero-order valence-electron chi connectivity index (χ0n) is 8.12. The predicted molar refractivity (Wildman–Crippen MR) is 59.4 cm³/mol. The molecule has 2 N–H and O–H groups in total. The molecule has 16 heavy (non-hydrogen) atoms. The molecular formula is C10H8N2O3S. The van der Waals surface area contributed by atoms with E-state index in [1.807, 2.05) is 0 Å². The second kappa shape index (κ2) is 3.66. The molecule has 1 aromatic heterocycles. The van der Waals surface area contributed by atoms with Gasteiger partial charge in [0.25, 0.3) is 5.56 Å². The SMILES string of the molecule is NS(=O)(=O)c1ccc2ccccc2nc1=O. The largest absolute Gasteiger partial charge is 0.290 e. The van der Waals surface area contributed by atoms with E-state index < -0.39 is 20.5 Å². The van der Waals surface area contributed by atoms with Gasteiger partial charge in [-0.1, -0.05) is 24.3 Å². The molecule has 2 aromatic rings. The van der Waals surface area contributed by atoms with Crippen LogP contribution < -0.4 is 10.7 Å². The Morgan fingerprint density at radius 1 is 1.06 bits per heavy atom. The topological polar surface area (TPSA) is 90.1 Å². The Kier molecular flexibility index (Phi) is 2.45. The Bertz CT molecular complexity index is 710. The number of fused-ring (bicyclic) bond motifs is 1. The minimum absolute atomic E-state index is 0.433. The van der Waals surface area contributed by atoms with Gasteiger partial charge >= 0.3 is 0 Å². The molecule has 0 amide bonds. The molecule has 0 aliphatic rings. The molecule has 0 saturated heterocycles. The number of nitrogens with two attached hydrogens (primary N) is 1. The molecule has 6 heteroatoms. The van der Waals surface area contributed by atoms with Gasteiger partial charge in [-0.25, -0.2) is 18.5 Å². The molecule has 0 saturated carbocycles. The summed E-state index contributed by atoms with van der Waals surface area (Å²) >= 11 is 0. The highest BCUT2D eigenvalue weighted by Crippen LogP contribution is 2.09. The van der Waals surface area contributed by atoms with Crippen LogP contribution in [0.25, 0.3) is 10.9 Å². The van der Waals surface area contributed by atoms with Crippen LogP contribution in [0, 0.1) is 0 Å². The summed E-state index contributed by atoms with van der Waals surface area (Å²) in [5, 5.41) is 5.58. The molecular weight excluding hydrogens is 228 g/mol. The van der Waals surface area contributed by atoms with Crippen LogP contribution in [-0.4, -0.2) is 13.4 Å². The van der Waals surface area contributed by atoms with Gasteiger partial charge in [0.1, 0.15) is 4.90 Å². The summed E-state index contributed by atoms with van der Waals surface area (Å²) in [5.41, 5.74) is -0.411. The van der Waals surface area contributed by atoms with E-state index in [9.17, 15) is 13.2 Å². The second-order valence-electron chi connectivity index (χ2n) is 3.22. The molecule has 0 atom stereocenters. The van der Waals surface area contributed by atoms with Crippen molar-refractivity contribution in [3.05, 3.63) is 46.8 Å². The fraction of sp³-hybridized carbons (Fsp3) is 0. The predicted octanol–water partition coefficient (Wildman–Crippen LogP) is 0.242. The molecule has 2 rings (SSSR count). The van der Waals surface area contributed by atoms with Gasteiger partial charge in [-0.2, -0.15) is 0 Å². The van der Waals surface area contributed by atoms with Crippen LogP contribution in [0.4, 0.5) is 0 Å². The van der Waals surface area contributed by atoms with E-state index in [0.717, 1.165) is 0 Å². The highest BCUT2D eigenvalue weighted by molar-refractivity contribution is 7.89. The van der Waals surface area contributed by atoms with Crippen LogP contribution in [0.3, 0.4) is 0 Å². The summed E-state index contributed by atoms with van der Waals surface area (Å²) in [5.74, 6) is 0. The van der Waals surface area contributed by atoms with Gasteiger partial charge in [0.2, 0.25) is 10.0 Å². The van der Waals surface area contributed by atoms with Gasteiger partial charge < -0.3 is 0 Å². The molecule has 0 aliphatic heterocycles. The Morgan fingerprint density at radius 2 is 1.75 bits per heavy atom. The molecule has 1 aromatic carbocycles. The normalized spacial score (nSPS) is 11.6. The number of hydrogen-bond acceptors (Lipinski definition) is 4. The van der Waals surface area contributed by atoms with E-state index in [0.29, 0.717) is 10.9 Å². The lowest BCUT2D eigenvalue weighted by Gasteiger charge is -1.88. The maximum atomic E-state index is 11.5. The van der Waals surface area contributed by atoms with Gasteiger partial charge in [0.15, 0.2) is 0 Å². The summed E-state index contributed by atoms with van der Waals surface area (Å²) in [6.07, 6.45) is 0. The van der Waals surface area contributed by atoms with Gasteiger partial charge in [-0.15, -0.1) is 0 Å². The monoisotopic (exact) mass is 236 g/mol. The summed E-state index contributed by atoms with van der Waals surface area (Å²) in [4.78, 5) is 14.7. The highest BCUT2D eigenvalue weighted by Gasteiger charge is 2.12. The summed E-state index contributed by atoms with van der Waals surface area (Å²) in [6, 6.07) is 9.52. The van der Waals surface area contributed by atoms with Crippen molar-refractivity contribution in [1.82, 2.24) is 4.98 Å². The Labute approximate surface area is 91.6 Å². The number of sulfonamides is 1. The van der Waals surface area contributed by atoms with E-state index in [2.05, 4.69) is 4.98 Å². The van der Waals surface area contributed by atoms with Crippen molar-refractivity contribution in [2.24, 2.45) is 5.14 Å². The minimum Gasteiger partial charge on any atom is -0.266 e. The fourth-order valence-corrected chi connectivity index (χ4v) is 1.89. The Hall–Kier alpha value is -1.79. The van der Waals surface area contributed by atoms with Gasteiger partial charge in [-0.3, -0.25) is 4.79 Å². The molecule has 5 nitrogen and oxygen atoms in total. The van der Waals surface area contributed by atoms with Gasteiger partial charge in [0.05, 0.1) is 5.52 Å². The molecule has 82 valence electrons. The van der Waals surface area contributed by atoms with Crippen molar-refractivity contribution in [2.75, 3.05) is 0 Å². The molecule has 0 unspecified atom stereocenters. The van der Waals surface area contributed by atoms with Crippen molar-refractivity contribution in [2.45, 2.75) is 4.90 Å². The first-order chi connectivity index (χ1) is 7.48. The summed E-state index contributed by atoms with van der Waals surface area (Å²) in [6.45, 7) is 0. The number of hydrogen-bond donors (Lipinski definition) is 1. The van der Waals surface area contributed by atoms with E-state index in [1.54, 1.807) is 24.3 Å². The van der Waals surface area contributed by atoms with Crippen LogP contribution in [0.5, 0.6) is 0 Å². The lowest BCUT2D eigenvalue weighted by molar-refractivity contribution is 0.597. The number of primary sulfonamides is 1. The third kappa shape index (κ3) is 1.93. The number of aromatic nitrogens is 1. The second-order valence-corrected chi connectivity index (χ2v) is 4.75. The maximum Gasteiger partial charge on any atom is 0.290 e. The van der Waals surface area contributed by atoms with E-state index in [-0.39, 0.29) is 0 Å². The Morgan fingerprint density at radius 3 is 2.44 bits per heavy atom. The number of benzene rings is 1. The van der Waals surface area contributed by atoms with Crippen molar-refractivity contribution in [3.63, 3.8) is 0 Å². The molecule has 0 spiro atoms. The van der Waals surface area contributed by atoms with Crippen LogP contribution >= 0.6 is 0 Å². The third-order valence-electron chi connectivity index (χ3n) is 2.09. The Balaban J connectivity index is 2.94. The quantitative estimate of drug-likeness (QED) is 0.768. The lowest BCUT2D eigenvalue weighted by Crippen LogP contribution is -2.21. The molecule has 0 radical (unpaired) electrons. The van der Waals surface area contributed by atoms with E-state index >= 15 is 0 Å². The van der Waals surface area contributed by atoms with Gasteiger partial charge in [0, 0.05) is 5.39 Å². The van der Waals surface area contributed by atoms with E-state index in [1.165, 1.54) is 12.1 Å². The number of para-hydroxylation sites is 1. The third-order valence-corrected chi connectivity index (χ3v) is 3.01. The lowest BCUT2D eigenvalue weighted by atomic mass is 10.2. The molecule has 0 bridgehead atoms. The number of nitrogens with zero attached hydrogens (tertiary/aromatic N) is 1.